The lowest BCUT2D eigenvalue weighted by atomic mass is 9.94. The molecular weight excluding hydrogens is 269 g/mol. The van der Waals surface area contributed by atoms with Crippen LogP contribution in [-0.2, 0) is 0 Å². The molecule has 1 rings (SSSR count). The third-order valence-corrected chi connectivity index (χ3v) is 4.18. The van der Waals surface area contributed by atoms with Gasteiger partial charge in [-0.05, 0) is 58.8 Å². The van der Waals surface area contributed by atoms with Crippen LogP contribution in [-0.4, -0.2) is 54.5 Å². The van der Waals surface area contributed by atoms with E-state index in [1.165, 1.54) is 0 Å². The zero-order valence-electron chi connectivity index (χ0n) is 12.5. The van der Waals surface area contributed by atoms with E-state index in [4.69, 9.17) is 0 Å². The van der Waals surface area contributed by atoms with Crippen LogP contribution in [0.1, 0.15) is 39.5 Å². The number of aliphatic hydroxyl groups is 1. The maximum Gasteiger partial charge on any atom is 0.391 e. The molecule has 1 unspecified atom stereocenters. The van der Waals surface area contributed by atoms with Gasteiger partial charge < -0.3 is 15.3 Å². The minimum atomic E-state index is -4.05. The molecule has 1 saturated heterocycles. The van der Waals surface area contributed by atoms with Gasteiger partial charge in [-0.1, -0.05) is 6.92 Å². The Morgan fingerprint density at radius 2 is 1.85 bits per heavy atom. The van der Waals surface area contributed by atoms with Gasteiger partial charge in [0.05, 0.1) is 12.5 Å². The maximum absolute atomic E-state index is 12.6. The van der Waals surface area contributed by atoms with Crippen molar-refractivity contribution in [3.63, 3.8) is 0 Å². The van der Waals surface area contributed by atoms with Crippen molar-refractivity contribution in [1.82, 2.24) is 10.2 Å². The van der Waals surface area contributed by atoms with Crippen molar-refractivity contribution >= 4 is 0 Å². The first-order chi connectivity index (χ1) is 9.30. The van der Waals surface area contributed by atoms with Gasteiger partial charge in [-0.15, -0.1) is 0 Å². The van der Waals surface area contributed by atoms with Gasteiger partial charge in [0.15, 0.2) is 0 Å². The van der Waals surface area contributed by atoms with E-state index in [-0.39, 0.29) is 25.0 Å². The highest BCUT2D eigenvalue weighted by molar-refractivity contribution is 4.85. The molecule has 1 atom stereocenters. The smallest absolute Gasteiger partial charge is 0.391 e. The molecule has 0 spiro atoms. The van der Waals surface area contributed by atoms with Crippen LogP contribution in [0.4, 0.5) is 13.2 Å². The van der Waals surface area contributed by atoms with Gasteiger partial charge in [-0.3, -0.25) is 0 Å². The predicted octanol–water partition coefficient (Wildman–Crippen LogP) is 2.40. The predicted molar refractivity (Wildman–Crippen MR) is 73.6 cm³/mol. The number of rotatable bonds is 7. The number of likely N-dealkylation sites (tertiary alicyclic amines) is 1. The summed E-state index contributed by atoms with van der Waals surface area (Å²) in [4.78, 5) is 2.07. The first-order valence-electron chi connectivity index (χ1n) is 7.45. The topological polar surface area (TPSA) is 35.5 Å². The Morgan fingerprint density at radius 1 is 1.25 bits per heavy atom. The second-order valence-corrected chi connectivity index (χ2v) is 6.05. The van der Waals surface area contributed by atoms with Crippen molar-refractivity contribution in [3.8, 4) is 0 Å². The fraction of sp³-hybridized carbons (Fsp3) is 1.00. The number of hydrogen-bond acceptors (Lipinski definition) is 3. The Hall–Kier alpha value is -0.330. The Balaban J connectivity index is 2.33. The molecule has 0 aromatic heterocycles. The quantitative estimate of drug-likeness (QED) is 0.757. The van der Waals surface area contributed by atoms with Gasteiger partial charge in [0.2, 0.25) is 0 Å². The van der Waals surface area contributed by atoms with Gasteiger partial charge >= 0.3 is 6.18 Å². The number of hydrogen-bond donors (Lipinski definition) is 2. The summed E-state index contributed by atoms with van der Waals surface area (Å²) in [6.07, 6.45) is -1.91. The third-order valence-electron chi connectivity index (χ3n) is 4.18. The molecule has 6 heteroatoms. The second-order valence-electron chi connectivity index (χ2n) is 6.05. The lowest BCUT2D eigenvalue weighted by molar-refractivity contribution is -0.185. The SMILES string of the molecule is CCCNC(C)(CO)CCN1CCC(C(F)(F)F)CC1. The monoisotopic (exact) mass is 296 g/mol. The molecule has 20 heavy (non-hydrogen) atoms. The minimum absolute atomic E-state index is 0.0476. The normalized spacial score (nSPS) is 21.9. The van der Waals surface area contributed by atoms with Crippen LogP contribution in [0, 0.1) is 5.92 Å². The van der Waals surface area contributed by atoms with Gasteiger partial charge in [0, 0.05) is 5.54 Å². The van der Waals surface area contributed by atoms with Crippen LogP contribution in [0.2, 0.25) is 0 Å². The Bertz CT molecular complexity index is 278. The third kappa shape index (κ3) is 5.58. The van der Waals surface area contributed by atoms with Gasteiger partial charge in [0.25, 0.3) is 0 Å². The summed E-state index contributed by atoms with van der Waals surface area (Å²) in [5.74, 6) is -1.14. The molecule has 1 aliphatic rings. The van der Waals surface area contributed by atoms with Crippen molar-refractivity contribution in [2.45, 2.75) is 51.2 Å². The van der Waals surface area contributed by atoms with E-state index in [9.17, 15) is 18.3 Å². The number of alkyl halides is 3. The van der Waals surface area contributed by atoms with Gasteiger partial charge in [-0.25, -0.2) is 0 Å². The van der Waals surface area contributed by atoms with E-state index >= 15 is 0 Å². The van der Waals surface area contributed by atoms with Crippen LogP contribution in [0.5, 0.6) is 0 Å². The van der Waals surface area contributed by atoms with Crippen LogP contribution in [0.15, 0.2) is 0 Å². The maximum atomic E-state index is 12.6. The Labute approximate surface area is 119 Å². The molecule has 0 aromatic carbocycles. The number of nitrogens with zero attached hydrogens (tertiary/aromatic N) is 1. The number of piperidine rings is 1. The molecule has 0 bridgehead atoms. The highest BCUT2D eigenvalue weighted by Crippen LogP contribution is 2.34. The summed E-state index contributed by atoms with van der Waals surface area (Å²) < 4.78 is 37.7. The first-order valence-corrected chi connectivity index (χ1v) is 7.45. The van der Waals surface area contributed by atoms with Crippen LogP contribution in [0.25, 0.3) is 0 Å². The molecule has 0 saturated carbocycles. The summed E-state index contributed by atoms with van der Waals surface area (Å²) >= 11 is 0. The molecule has 0 amide bonds. The minimum Gasteiger partial charge on any atom is -0.394 e. The molecule has 0 aliphatic carbocycles. The lowest BCUT2D eigenvalue weighted by Crippen LogP contribution is -2.49. The molecule has 1 heterocycles. The standard InChI is InChI=1S/C14H27F3N2O/c1-3-7-18-13(2,11-20)6-10-19-8-4-12(5-9-19)14(15,16)17/h12,18,20H,3-11H2,1-2H3. The highest BCUT2D eigenvalue weighted by Gasteiger charge is 2.41. The molecule has 1 aliphatic heterocycles. The fourth-order valence-electron chi connectivity index (χ4n) is 2.54. The van der Waals surface area contributed by atoms with E-state index in [0.717, 1.165) is 25.9 Å². The van der Waals surface area contributed by atoms with E-state index in [1.807, 2.05) is 6.92 Å². The molecule has 0 aromatic rings. The fourth-order valence-corrected chi connectivity index (χ4v) is 2.54. The Kier molecular flexibility index (Phi) is 6.75. The summed E-state index contributed by atoms with van der Waals surface area (Å²) in [5.41, 5.74) is -0.336. The van der Waals surface area contributed by atoms with Crippen LogP contribution < -0.4 is 5.32 Å². The van der Waals surface area contributed by atoms with Crippen molar-refractivity contribution in [2.75, 3.05) is 32.8 Å². The summed E-state index contributed by atoms with van der Waals surface area (Å²) in [6, 6.07) is 0. The summed E-state index contributed by atoms with van der Waals surface area (Å²) in [6.45, 7) is 6.65. The van der Waals surface area contributed by atoms with Gasteiger partial charge in [0.1, 0.15) is 0 Å². The number of nitrogens with one attached hydrogen (secondary N) is 1. The average Bonchev–Trinajstić information content (AvgIpc) is 2.42. The van der Waals surface area contributed by atoms with Crippen molar-refractivity contribution < 1.29 is 18.3 Å². The average molecular weight is 296 g/mol. The molecule has 0 radical (unpaired) electrons. The number of aliphatic hydroxyl groups excluding tert-OH is 1. The zero-order valence-corrected chi connectivity index (χ0v) is 12.5. The van der Waals surface area contributed by atoms with Crippen LogP contribution >= 0.6 is 0 Å². The zero-order chi connectivity index (χ0) is 15.2. The Morgan fingerprint density at radius 3 is 2.30 bits per heavy atom. The summed E-state index contributed by atoms with van der Waals surface area (Å²) in [5, 5.41) is 12.8. The summed E-state index contributed by atoms with van der Waals surface area (Å²) in [7, 11) is 0. The van der Waals surface area contributed by atoms with Gasteiger partial charge in [-0.2, -0.15) is 13.2 Å². The van der Waals surface area contributed by atoms with E-state index < -0.39 is 12.1 Å². The van der Waals surface area contributed by atoms with Crippen molar-refractivity contribution in [1.29, 1.82) is 0 Å². The molecule has 120 valence electrons. The van der Waals surface area contributed by atoms with E-state index in [2.05, 4.69) is 17.1 Å². The van der Waals surface area contributed by atoms with Crippen molar-refractivity contribution in [2.24, 2.45) is 5.92 Å². The van der Waals surface area contributed by atoms with Crippen LogP contribution in [0.3, 0.4) is 0 Å². The molecule has 1 fully saturated rings. The largest absolute Gasteiger partial charge is 0.394 e. The molecule has 2 N–H and O–H groups in total. The molecular formula is C14H27F3N2O. The molecule has 3 nitrogen and oxygen atoms in total. The first kappa shape index (κ1) is 17.7. The second kappa shape index (κ2) is 7.61. The number of halogens is 3. The van der Waals surface area contributed by atoms with Crippen molar-refractivity contribution in [3.05, 3.63) is 0 Å². The van der Waals surface area contributed by atoms with E-state index in [0.29, 0.717) is 13.1 Å². The van der Waals surface area contributed by atoms with E-state index in [1.54, 1.807) is 0 Å². The lowest BCUT2D eigenvalue weighted by Gasteiger charge is -2.36. The highest BCUT2D eigenvalue weighted by atomic mass is 19.4.